The molecule has 3 aromatic carbocycles. The Morgan fingerprint density at radius 2 is 1.52 bits per heavy atom. The van der Waals surface area contributed by atoms with Gasteiger partial charge in [-0.2, -0.15) is 0 Å². The minimum Gasteiger partial charge on any atom is -0.457 e. The van der Waals surface area contributed by atoms with E-state index in [4.69, 9.17) is 4.74 Å². The van der Waals surface area contributed by atoms with E-state index in [9.17, 15) is 14.4 Å². The number of hydrogen-bond acceptors (Lipinski definition) is 4. The van der Waals surface area contributed by atoms with Crippen molar-refractivity contribution >= 4 is 22.5 Å². The Labute approximate surface area is 165 Å². The predicted molar refractivity (Wildman–Crippen MR) is 110 cm³/mol. The summed E-state index contributed by atoms with van der Waals surface area (Å²) in [4.78, 5) is 39.6. The van der Waals surface area contributed by atoms with Crippen molar-refractivity contribution in [3.05, 3.63) is 99.7 Å². The maximum Gasteiger partial charge on any atom is 0.329 e. The molecule has 1 amide bonds. The van der Waals surface area contributed by atoms with Gasteiger partial charge in [-0.1, -0.05) is 30.3 Å². The molecule has 0 spiro atoms. The van der Waals surface area contributed by atoms with Crippen molar-refractivity contribution in [1.82, 2.24) is 9.55 Å². The lowest BCUT2D eigenvalue weighted by molar-refractivity contribution is -0.116. The lowest BCUT2D eigenvalue weighted by Crippen LogP contribution is -2.38. The van der Waals surface area contributed by atoms with Crippen LogP contribution in [0.5, 0.6) is 11.5 Å². The van der Waals surface area contributed by atoms with Crippen LogP contribution in [0.4, 0.5) is 5.69 Å². The number of carbonyl (C=O) groups excluding carboxylic acids is 1. The maximum absolute atomic E-state index is 12.5. The summed E-state index contributed by atoms with van der Waals surface area (Å²) < 4.78 is 6.58. The van der Waals surface area contributed by atoms with Gasteiger partial charge in [0.2, 0.25) is 5.91 Å². The van der Waals surface area contributed by atoms with E-state index < -0.39 is 17.2 Å². The number of rotatable bonds is 5. The summed E-state index contributed by atoms with van der Waals surface area (Å²) in [7, 11) is 0. The summed E-state index contributed by atoms with van der Waals surface area (Å²) in [5.74, 6) is 0.847. The van der Waals surface area contributed by atoms with E-state index in [1.54, 1.807) is 48.5 Å². The van der Waals surface area contributed by atoms with Crippen LogP contribution in [0, 0.1) is 0 Å². The molecule has 0 bridgehead atoms. The van der Waals surface area contributed by atoms with Crippen LogP contribution in [-0.4, -0.2) is 15.5 Å². The third-order valence-corrected chi connectivity index (χ3v) is 4.31. The lowest BCUT2D eigenvalue weighted by Gasteiger charge is -2.09. The monoisotopic (exact) mass is 387 g/mol. The number of ether oxygens (including phenoxy) is 1. The average Bonchev–Trinajstić information content (AvgIpc) is 2.73. The highest BCUT2D eigenvalue weighted by Crippen LogP contribution is 2.22. The standard InChI is InChI=1S/C22H17N3O4/c26-20(14-25-21(27)18-8-4-5-9-19(18)24-22(25)28)23-15-10-12-17(13-11-15)29-16-6-2-1-3-7-16/h1-13H,14H2,(H,23,26)(H,24,28). The Balaban J connectivity index is 1.47. The van der Waals surface area contributed by atoms with Gasteiger partial charge in [-0.15, -0.1) is 0 Å². The topological polar surface area (TPSA) is 93.2 Å². The van der Waals surface area contributed by atoms with Gasteiger partial charge in [0, 0.05) is 5.69 Å². The first-order valence-corrected chi connectivity index (χ1v) is 8.95. The molecule has 7 nitrogen and oxygen atoms in total. The number of carbonyl (C=O) groups is 1. The van der Waals surface area contributed by atoms with Gasteiger partial charge in [0.05, 0.1) is 10.9 Å². The molecule has 0 radical (unpaired) electrons. The van der Waals surface area contributed by atoms with Crippen LogP contribution in [0.15, 0.2) is 88.5 Å². The number of nitrogens with zero attached hydrogens (tertiary/aromatic N) is 1. The number of anilines is 1. The van der Waals surface area contributed by atoms with Crippen LogP contribution >= 0.6 is 0 Å². The summed E-state index contributed by atoms with van der Waals surface area (Å²) >= 11 is 0. The molecule has 1 heterocycles. The summed E-state index contributed by atoms with van der Waals surface area (Å²) in [6.07, 6.45) is 0. The van der Waals surface area contributed by atoms with Crippen molar-refractivity contribution < 1.29 is 9.53 Å². The molecule has 0 fully saturated rings. The van der Waals surface area contributed by atoms with Crippen LogP contribution in [0.2, 0.25) is 0 Å². The third kappa shape index (κ3) is 4.08. The zero-order valence-electron chi connectivity index (χ0n) is 15.3. The predicted octanol–water partition coefficient (Wildman–Crippen LogP) is 3.12. The van der Waals surface area contributed by atoms with Crippen LogP contribution < -0.4 is 21.3 Å². The quantitative estimate of drug-likeness (QED) is 0.550. The molecule has 0 aliphatic carbocycles. The minimum atomic E-state index is -0.629. The Morgan fingerprint density at radius 3 is 2.28 bits per heavy atom. The third-order valence-electron chi connectivity index (χ3n) is 4.31. The normalized spacial score (nSPS) is 10.6. The second-order valence-corrected chi connectivity index (χ2v) is 6.35. The van der Waals surface area contributed by atoms with Gasteiger partial charge >= 0.3 is 5.69 Å². The average molecular weight is 387 g/mol. The van der Waals surface area contributed by atoms with E-state index in [0.29, 0.717) is 28.1 Å². The van der Waals surface area contributed by atoms with Gasteiger partial charge < -0.3 is 15.0 Å². The molecule has 29 heavy (non-hydrogen) atoms. The molecular formula is C22H17N3O4. The lowest BCUT2D eigenvalue weighted by atomic mass is 10.2. The van der Waals surface area contributed by atoms with Gasteiger partial charge in [0.1, 0.15) is 18.0 Å². The highest BCUT2D eigenvalue weighted by molar-refractivity contribution is 5.90. The first-order chi connectivity index (χ1) is 14.1. The van der Waals surface area contributed by atoms with Gasteiger partial charge in [-0.25, -0.2) is 4.79 Å². The Kier molecular flexibility index (Phi) is 4.94. The molecule has 1 aromatic heterocycles. The number of fused-ring (bicyclic) bond motifs is 1. The van der Waals surface area contributed by atoms with Crippen LogP contribution in [-0.2, 0) is 11.3 Å². The molecule has 0 aliphatic heterocycles. The molecule has 2 N–H and O–H groups in total. The van der Waals surface area contributed by atoms with Crippen molar-refractivity contribution in [2.75, 3.05) is 5.32 Å². The zero-order chi connectivity index (χ0) is 20.2. The van der Waals surface area contributed by atoms with Crippen molar-refractivity contribution in [1.29, 1.82) is 0 Å². The number of aromatic amines is 1. The van der Waals surface area contributed by atoms with E-state index in [-0.39, 0.29) is 6.54 Å². The SMILES string of the molecule is O=C(Cn1c(=O)[nH]c2ccccc2c1=O)Nc1ccc(Oc2ccccc2)cc1. The first kappa shape index (κ1) is 18.2. The molecule has 4 rings (SSSR count). The van der Waals surface area contributed by atoms with Crippen molar-refractivity contribution in [3.63, 3.8) is 0 Å². The highest BCUT2D eigenvalue weighted by atomic mass is 16.5. The summed E-state index contributed by atoms with van der Waals surface area (Å²) in [5, 5.41) is 3.03. The van der Waals surface area contributed by atoms with Crippen molar-refractivity contribution in [3.8, 4) is 11.5 Å². The molecule has 0 unspecified atom stereocenters. The smallest absolute Gasteiger partial charge is 0.329 e. The number of aromatic nitrogens is 2. The van der Waals surface area contributed by atoms with Gasteiger partial charge in [-0.05, 0) is 48.5 Å². The molecule has 4 aromatic rings. The number of H-pyrrole nitrogens is 1. The number of para-hydroxylation sites is 2. The molecule has 0 atom stereocenters. The van der Waals surface area contributed by atoms with Crippen LogP contribution in [0.25, 0.3) is 10.9 Å². The molecule has 144 valence electrons. The van der Waals surface area contributed by atoms with E-state index in [2.05, 4.69) is 10.3 Å². The fourth-order valence-electron chi connectivity index (χ4n) is 2.92. The molecule has 0 saturated heterocycles. The first-order valence-electron chi connectivity index (χ1n) is 8.95. The fraction of sp³-hybridized carbons (Fsp3) is 0.0455. The number of amides is 1. The fourth-order valence-corrected chi connectivity index (χ4v) is 2.92. The van der Waals surface area contributed by atoms with E-state index in [1.807, 2.05) is 30.3 Å². The zero-order valence-corrected chi connectivity index (χ0v) is 15.3. The number of benzene rings is 3. The second kappa shape index (κ2) is 7.85. The van der Waals surface area contributed by atoms with Crippen LogP contribution in [0.3, 0.4) is 0 Å². The van der Waals surface area contributed by atoms with E-state index in [0.717, 1.165) is 4.57 Å². The summed E-state index contributed by atoms with van der Waals surface area (Å²) in [6.45, 7) is -0.388. The summed E-state index contributed by atoms with van der Waals surface area (Å²) in [5.41, 5.74) is -0.171. The maximum atomic E-state index is 12.5. The minimum absolute atomic E-state index is 0.349. The van der Waals surface area contributed by atoms with Gasteiger partial charge in [-0.3, -0.25) is 14.2 Å². The molecular weight excluding hydrogens is 370 g/mol. The summed E-state index contributed by atoms with van der Waals surface area (Å²) in [6, 6.07) is 22.8. The molecule has 0 aliphatic rings. The second-order valence-electron chi connectivity index (χ2n) is 6.35. The largest absolute Gasteiger partial charge is 0.457 e. The van der Waals surface area contributed by atoms with Gasteiger partial charge in [0.25, 0.3) is 5.56 Å². The van der Waals surface area contributed by atoms with Crippen LogP contribution in [0.1, 0.15) is 0 Å². The number of hydrogen-bond donors (Lipinski definition) is 2. The number of nitrogens with one attached hydrogen (secondary N) is 2. The van der Waals surface area contributed by atoms with Crippen molar-refractivity contribution in [2.24, 2.45) is 0 Å². The van der Waals surface area contributed by atoms with E-state index >= 15 is 0 Å². The Morgan fingerprint density at radius 1 is 0.862 bits per heavy atom. The molecule has 0 saturated carbocycles. The Hall–Kier alpha value is -4.13. The van der Waals surface area contributed by atoms with E-state index in [1.165, 1.54) is 0 Å². The molecule has 7 heteroatoms. The van der Waals surface area contributed by atoms with Gasteiger partial charge in [0.15, 0.2) is 0 Å². The van der Waals surface area contributed by atoms with Crippen molar-refractivity contribution in [2.45, 2.75) is 6.54 Å². The Bertz CT molecular complexity index is 1280. The highest BCUT2D eigenvalue weighted by Gasteiger charge is 2.11.